The number of carbonyl (C=O) groups excluding carboxylic acids is 1. The number of anilines is 1. The summed E-state index contributed by atoms with van der Waals surface area (Å²) < 4.78 is 73.9. The molecular weight excluding hydrogens is 532 g/mol. The number of nitrogens with zero attached hydrogens (tertiary/aromatic N) is 1. The third-order valence-electron chi connectivity index (χ3n) is 4.81. The van der Waals surface area contributed by atoms with Crippen molar-refractivity contribution >= 4 is 54.5 Å². The van der Waals surface area contributed by atoms with E-state index < -0.39 is 32.1 Å². The molecule has 3 aromatic rings. The number of methoxy groups -OCH3 is 1. The lowest BCUT2D eigenvalue weighted by atomic mass is 10.1. The van der Waals surface area contributed by atoms with Gasteiger partial charge in [-0.15, -0.1) is 11.3 Å². The first-order valence-electron chi connectivity index (χ1n) is 9.38. The number of rotatable bonds is 8. The van der Waals surface area contributed by atoms with E-state index in [1.165, 1.54) is 31.5 Å². The Morgan fingerprint density at radius 2 is 2.00 bits per heavy atom. The van der Waals surface area contributed by atoms with Gasteiger partial charge in [0.25, 0.3) is 15.9 Å². The minimum Gasteiger partial charge on any atom is -0.492 e. The van der Waals surface area contributed by atoms with Crippen molar-refractivity contribution in [1.29, 1.82) is 0 Å². The summed E-state index contributed by atoms with van der Waals surface area (Å²) in [5, 5.41) is 4.99. The maximum Gasteiger partial charge on any atom is 0.265 e. The van der Waals surface area contributed by atoms with Crippen molar-refractivity contribution in [2.24, 2.45) is 0 Å². The molecule has 0 aliphatic carbocycles. The molecule has 34 heavy (non-hydrogen) atoms. The topological polar surface area (TPSA) is 151 Å². The molecule has 15 heteroatoms. The molecule has 0 amide bonds. The third kappa shape index (κ3) is 4.33. The lowest BCUT2D eigenvalue weighted by molar-refractivity contribution is 0.0992. The predicted octanol–water partition coefficient (Wildman–Crippen LogP) is 3.06. The highest BCUT2D eigenvalue weighted by Crippen LogP contribution is 2.46. The number of hydrogen-bond donors (Lipinski definition) is 1. The number of sulfonamides is 1. The van der Waals surface area contributed by atoms with Crippen LogP contribution in [0.2, 0.25) is 5.02 Å². The summed E-state index contributed by atoms with van der Waals surface area (Å²) in [5.74, 6) is -0.602. The van der Waals surface area contributed by atoms with Gasteiger partial charge in [0.05, 0.1) is 16.9 Å². The lowest BCUT2D eigenvalue weighted by Crippen LogP contribution is -2.17. The van der Waals surface area contributed by atoms with Crippen molar-refractivity contribution in [2.45, 2.75) is 23.1 Å². The second-order valence-electron chi connectivity index (χ2n) is 7.12. The highest BCUT2D eigenvalue weighted by atomic mass is 35.5. The number of halogens is 1. The van der Waals surface area contributed by atoms with Crippen molar-refractivity contribution in [3.8, 4) is 17.2 Å². The fourth-order valence-corrected chi connectivity index (χ4v) is 6.79. The summed E-state index contributed by atoms with van der Waals surface area (Å²) in [7, 11) is -6.80. The van der Waals surface area contributed by atoms with Gasteiger partial charge < -0.3 is 18.7 Å². The molecule has 1 aliphatic heterocycles. The zero-order valence-corrected chi connectivity index (χ0v) is 21.1. The molecule has 4 rings (SSSR count). The van der Waals surface area contributed by atoms with Crippen molar-refractivity contribution in [3.63, 3.8) is 0 Å². The Morgan fingerprint density at radius 1 is 1.26 bits per heavy atom. The number of thiophene rings is 1. The molecule has 0 fully saturated rings. The van der Waals surface area contributed by atoms with Gasteiger partial charge in [0, 0.05) is 24.3 Å². The number of fused-ring (bicyclic) bond motifs is 1. The molecule has 182 valence electrons. The smallest absolute Gasteiger partial charge is 0.265 e. The molecule has 1 aromatic carbocycles. The van der Waals surface area contributed by atoms with Gasteiger partial charge >= 0.3 is 0 Å². The van der Waals surface area contributed by atoms with Crippen LogP contribution in [0.1, 0.15) is 20.9 Å². The number of nitrogens with one attached hydrogen (secondary N) is 1. The number of sulfone groups is 1. The van der Waals surface area contributed by atoms with E-state index in [9.17, 15) is 21.6 Å². The molecule has 0 spiro atoms. The molecule has 11 nitrogen and oxygen atoms in total. The molecule has 0 radical (unpaired) electrons. The molecule has 0 atom stereocenters. The number of hydrogen-bond acceptors (Lipinski definition) is 11. The molecule has 3 heterocycles. The van der Waals surface area contributed by atoms with Crippen LogP contribution < -0.4 is 18.9 Å². The van der Waals surface area contributed by atoms with Crippen molar-refractivity contribution < 1.29 is 40.4 Å². The average molecular weight is 549 g/mol. The molecule has 0 unspecified atom stereocenters. The first kappa shape index (κ1) is 24.3. The molecule has 1 aliphatic rings. The Labute approximate surface area is 203 Å². The van der Waals surface area contributed by atoms with Gasteiger partial charge in [-0.05, 0) is 18.4 Å². The Bertz CT molecular complexity index is 1510. The number of ketones is 1. The Hall–Kier alpha value is -2.81. The predicted molar refractivity (Wildman–Crippen MR) is 122 cm³/mol. The van der Waals surface area contributed by atoms with Gasteiger partial charge in [0.1, 0.15) is 15.6 Å². The van der Waals surface area contributed by atoms with Crippen LogP contribution in [0, 0.1) is 6.92 Å². The van der Waals surface area contributed by atoms with E-state index in [1.54, 1.807) is 0 Å². The fraction of sp³-hybridized carbons (Fsp3) is 0.263. The SMILES string of the molecule is COc1c(CC(=O)c2sccc2S(=O)(=O)Nc2onc(C)c2Cl)c(S(C)(=O)=O)cc2c1OCO2. The van der Waals surface area contributed by atoms with Crippen molar-refractivity contribution in [1.82, 2.24) is 5.16 Å². The van der Waals surface area contributed by atoms with E-state index in [0.717, 1.165) is 17.6 Å². The summed E-state index contributed by atoms with van der Waals surface area (Å²) in [4.78, 5) is 12.6. The second-order valence-corrected chi connectivity index (χ2v) is 12.1. The highest BCUT2D eigenvalue weighted by molar-refractivity contribution is 7.93. The number of benzene rings is 1. The van der Waals surface area contributed by atoms with E-state index in [-0.39, 0.29) is 60.9 Å². The maximum atomic E-state index is 13.2. The summed E-state index contributed by atoms with van der Waals surface area (Å²) in [5.41, 5.74) is 0.307. The van der Waals surface area contributed by atoms with E-state index in [0.29, 0.717) is 0 Å². The minimum absolute atomic E-state index is 0.0189. The molecule has 0 saturated carbocycles. The maximum absolute atomic E-state index is 13.2. The lowest BCUT2D eigenvalue weighted by Gasteiger charge is -2.15. The van der Waals surface area contributed by atoms with Crippen molar-refractivity contribution in [2.75, 3.05) is 24.9 Å². The minimum atomic E-state index is -4.28. The van der Waals surface area contributed by atoms with Gasteiger partial charge in [-0.25, -0.2) is 21.6 Å². The zero-order chi connectivity index (χ0) is 24.8. The van der Waals surface area contributed by atoms with E-state index in [2.05, 4.69) is 9.88 Å². The van der Waals surface area contributed by atoms with Gasteiger partial charge in [-0.3, -0.25) is 4.79 Å². The Morgan fingerprint density at radius 3 is 2.62 bits per heavy atom. The first-order chi connectivity index (χ1) is 15.9. The Balaban J connectivity index is 1.74. The normalized spacial score (nSPS) is 13.2. The van der Waals surface area contributed by atoms with E-state index >= 15 is 0 Å². The van der Waals surface area contributed by atoms with Crippen LogP contribution in [0.3, 0.4) is 0 Å². The zero-order valence-electron chi connectivity index (χ0n) is 17.9. The molecule has 1 N–H and O–H groups in total. The monoisotopic (exact) mass is 548 g/mol. The standard InChI is InChI=1S/C19H17ClN2O9S3/c1-9-15(20)19(31-21-9)22-34(26,27)13-4-5-32-18(13)11(23)6-10-14(33(3,24)25)7-12-17(16(10)28-2)30-8-29-12/h4-5,7,22H,6,8H2,1-3H3. The van der Waals surface area contributed by atoms with Crippen molar-refractivity contribution in [3.05, 3.63) is 38.7 Å². The average Bonchev–Trinajstić information content (AvgIpc) is 3.49. The third-order valence-corrected chi connectivity index (χ3v) is 8.88. The number of Topliss-reactive ketones (excluding diaryl/α,β-unsaturated/α-hetero) is 1. The van der Waals surface area contributed by atoms with Crippen LogP contribution in [0.25, 0.3) is 0 Å². The summed E-state index contributed by atoms with van der Waals surface area (Å²) >= 11 is 6.87. The van der Waals surface area contributed by atoms with Crippen LogP contribution >= 0.6 is 22.9 Å². The van der Waals surface area contributed by atoms with E-state index in [4.69, 9.17) is 30.3 Å². The van der Waals surface area contributed by atoms with Crippen LogP contribution in [0.4, 0.5) is 5.88 Å². The molecule has 0 bridgehead atoms. The quantitative estimate of drug-likeness (QED) is 0.416. The first-order valence-corrected chi connectivity index (χ1v) is 14.0. The molecule has 2 aromatic heterocycles. The molecule has 0 saturated heterocycles. The number of aromatic nitrogens is 1. The van der Waals surface area contributed by atoms with Crippen LogP contribution in [0.5, 0.6) is 17.2 Å². The van der Waals surface area contributed by atoms with Crippen LogP contribution in [-0.2, 0) is 26.3 Å². The summed E-state index contributed by atoms with van der Waals surface area (Å²) in [6.45, 7) is 1.39. The summed E-state index contributed by atoms with van der Waals surface area (Å²) in [6.07, 6.45) is 0.499. The number of aryl methyl sites for hydroxylation is 1. The van der Waals surface area contributed by atoms with Gasteiger partial charge in [0.2, 0.25) is 12.5 Å². The Kier molecular flexibility index (Phi) is 6.27. The van der Waals surface area contributed by atoms with Gasteiger partial charge in [-0.2, -0.15) is 0 Å². The molecular formula is C19H17ClN2O9S3. The largest absolute Gasteiger partial charge is 0.492 e. The van der Waals surface area contributed by atoms with Crippen LogP contribution in [-0.4, -0.2) is 47.9 Å². The second kappa shape index (κ2) is 8.76. The number of carbonyl (C=O) groups is 1. The summed E-state index contributed by atoms with van der Waals surface area (Å²) in [6, 6.07) is 2.50. The number of ether oxygens (including phenoxy) is 3. The van der Waals surface area contributed by atoms with Crippen LogP contribution in [0.15, 0.2) is 31.8 Å². The van der Waals surface area contributed by atoms with E-state index in [1.807, 2.05) is 0 Å². The fourth-order valence-electron chi connectivity index (χ4n) is 3.29. The highest BCUT2D eigenvalue weighted by Gasteiger charge is 2.32. The van der Waals surface area contributed by atoms with Gasteiger partial charge in [-0.1, -0.05) is 16.8 Å². The van der Waals surface area contributed by atoms with Gasteiger partial charge in [0.15, 0.2) is 27.1 Å².